The lowest BCUT2D eigenvalue weighted by molar-refractivity contribution is 0.225. The Morgan fingerprint density at radius 3 is 2.53 bits per heavy atom. The molecule has 0 saturated carbocycles. The molecule has 0 radical (unpaired) electrons. The second-order valence-corrected chi connectivity index (χ2v) is 6.33. The summed E-state index contributed by atoms with van der Waals surface area (Å²) < 4.78 is 0. The highest BCUT2D eigenvalue weighted by molar-refractivity contribution is 4.86. The number of nitrogens with two attached hydrogens (primary N) is 1. The van der Waals surface area contributed by atoms with Crippen LogP contribution in [0.5, 0.6) is 0 Å². The molecule has 3 heteroatoms. The summed E-state index contributed by atoms with van der Waals surface area (Å²) in [4.78, 5) is 5.27. The zero-order valence-corrected chi connectivity index (χ0v) is 11.6. The van der Waals surface area contributed by atoms with E-state index in [0.29, 0.717) is 6.04 Å². The Morgan fingerprint density at radius 1 is 1.18 bits per heavy atom. The molecule has 2 aliphatic rings. The molecule has 2 heterocycles. The van der Waals surface area contributed by atoms with Crippen molar-refractivity contribution in [2.75, 3.05) is 32.7 Å². The molecule has 2 saturated heterocycles. The van der Waals surface area contributed by atoms with Gasteiger partial charge in [0.15, 0.2) is 0 Å². The maximum absolute atomic E-state index is 6.20. The van der Waals surface area contributed by atoms with E-state index in [1.165, 1.54) is 45.4 Å². The average molecular weight is 239 g/mol. The molecule has 2 aliphatic heterocycles. The van der Waals surface area contributed by atoms with Crippen LogP contribution in [0, 0.1) is 5.92 Å². The molecule has 0 bridgehead atoms. The first-order valence-corrected chi connectivity index (χ1v) is 7.37. The first-order valence-electron chi connectivity index (χ1n) is 7.37. The topological polar surface area (TPSA) is 32.5 Å². The number of hydrogen-bond acceptors (Lipinski definition) is 3. The van der Waals surface area contributed by atoms with E-state index in [4.69, 9.17) is 5.73 Å². The van der Waals surface area contributed by atoms with Crippen LogP contribution >= 0.6 is 0 Å². The molecular weight excluding hydrogens is 210 g/mol. The predicted molar refractivity (Wildman–Crippen MR) is 73.1 cm³/mol. The normalized spacial score (nSPS) is 29.3. The highest BCUT2D eigenvalue weighted by Gasteiger charge is 2.29. The minimum absolute atomic E-state index is 0.368. The van der Waals surface area contributed by atoms with Gasteiger partial charge in [-0.15, -0.1) is 0 Å². The maximum atomic E-state index is 6.20. The van der Waals surface area contributed by atoms with Crippen molar-refractivity contribution < 1.29 is 0 Å². The minimum Gasteiger partial charge on any atom is -0.327 e. The molecule has 0 aromatic carbocycles. The van der Waals surface area contributed by atoms with Gasteiger partial charge in [-0.1, -0.05) is 13.8 Å². The van der Waals surface area contributed by atoms with Crippen LogP contribution in [0.1, 0.15) is 39.5 Å². The molecule has 2 N–H and O–H groups in total. The Bertz CT molecular complexity index is 224. The minimum atomic E-state index is 0.368. The van der Waals surface area contributed by atoms with E-state index in [1.54, 1.807) is 0 Å². The van der Waals surface area contributed by atoms with Crippen molar-refractivity contribution in [1.29, 1.82) is 0 Å². The Labute approximate surface area is 106 Å². The van der Waals surface area contributed by atoms with Gasteiger partial charge in [-0.3, -0.25) is 4.90 Å². The van der Waals surface area contributed by atoms with Gasteiger partial charge < -0.3 is 10.6 Å². The van der Waals surface area contributed by atoms with Crippen molar-refractivity contribution in [3.8, 4) is 0 Å². The van der Waals surface area contributed by atoms with Crippen molar-refractivity contribution in [2.45, 2.75) is 51.6 Å². The van der Waals surface area contributed by atoms with Gasteiger partial charge in [0, 0.05) is 25.2 Å². The second-order valence-electron chi connectivity index (χ2n) is 6.33. The molecule has 2 rings (SSSR count). The number of hydrogen-bond donors (Lipinski definition) is 1. The van der Waals surface area contributed by atoms with Gasteiger partial charge in [0.1, 0.15) is 0 Å². The van der Waals surface area contributed by atoms with Gasteiger partial charge in [0.2, 0.25) is 0 Å². The molecule has 0 aromatic heterocycles. The first-order chi connectivity index (χ1) is 8.15. The van der Waals surface area contributed by atoms with Gasteiger partial charge in [-0.2, -0.15) is 0 Å². The molecule has 2 atom stereocenters. The third-order valence-electron chi connectivity index (χ3n) is 4.17. The Hall–Kier alpha value is -0.120. The Balaban J connectivity index is 1.70. The fraction of sp³-hybridized carbons (Fsp3) is 1.00. The monoisotopic (exact) mass is 239 g/mol. The lowest BCUT2D eigenvalue weighted by Gasteiger charge is -2.25. The first kappa shape index (κ1) is 13.3. The fourth-order valence-corrected chi connectivity index (χ4v) is 3.39. The molecule has 0 amide bonds. The third kappa shape index (κ3) is 3.94. The highest BCUT2D eigenvalue weighted by atomic mass is 15.3. The largest absolute Gasteiger partial charge is 0.327 e. The summed E-state index contributed by atoms with van der Waals surface area (Å²) in [5.74, 6) is 0.724. The second kappa shape index (κ2) is 6.17. The number of likely N-dealkylation sites (tertiary alicyclic amines) is 2. The molecular formula is C14H29N3. The Morgan fingerprint density at radius 2 is 1.88 bits per heavy atom. The van der Waals surface area contributed by atoms with Gasteiger partial charge in [0.25, 0.3) is 0 Å². The lowest BCUT2D eigenvalue weighted by atomic mass is 10.0. The van der Waals surface area contributed by atoms with Gasteiger partial charge in [-0.05, 0) is 51.2 Å². The highest BCUT2D eigenvalue weighted by Crippen LogP contribution is 2.20. The SMILES string of the molecule is CC(C)CC(N)CN1CCC(N2CCCC2)C1. The summed E-state index contributed by atoms with van der Waals surface area (Å²) in [6, 6.07) is 1.19. The van der Waals surface area contributed by atoms with E-state index in [1.807, 2.05) is 0 Å². The molecule has 17 heavy (non-hydrogen) atoms. The number of nitrogens with zero attached hydrogens (tertiary/aromatic N) is 2. The smallest absolute Gasteiger partial charge is 0.0235 e. The summed E-state index contributed by atoms with van der Waals surface area (Å²) in [5.41, 5.74) is 6.20. The summed E-state index contributed by atoms with van der Waals surface area (Å²) in [6.07, 6.45) is 5.33. The van der Waals surface area contributed by atoms with E-state index >= 15 is 0 Å². The average Bonchev–Trinajstić information content (AvgIpc) is 2.84. The summed E-state index contributed by atoms with van der Waals surface area (Å²) in [5, 5.41) is 0. The van der Waals surface area contributed by atoms with E-state index in [9.17, 15) is 0 Å². The quantitative estimate of drug-likeness (QED) is 0.790. The van der Waals surface area contributed by atoms with Crippen LogP contribution in [-0.4, -0.2) is 54.6 Å². The van der Waals surface area contributed by atoms with Crippen LogP contribution < -0.4 is 5.73 Å². The fourth-order valence-electron chi connectivity index (χ4n) is 3.39. The lowest BCUT2D eigenvalue weighted by Crippen LogP contribution is -2.40. The van der Waals surface area contributed by atoms with Gasteiger partial charge in [-0.25, -0.2) is 0 Å². The van der Waals surface area contributed by atoms with Crippen LogP contribution in [0.3, 0.4) is 0 Å². The van der Waals surface area contributed by atoms with E-state index < -0.39 is 0 Å². The summed E-state index contributed by atoms with van der Waals surface area (Å²) in [7, 11) is 0. The molecule has 0 spiro atoms. The Kier molecular flexibility index (Phi) is 4.83. The maximum Gasteiger partial charge on any atom is 0.0235 e. The third-order valence-corrected chi connectivity index (χ3v) is 4.17. The zero-order chi connectivity index (χ0) is 12.3. The van der Waals surface area contributed by atoms with Crippen molar-refractivity contribution >= 4 is 0 Å². The van der Waals surface area contributed by atoms with Crippen molar-refractivity contribution in [3.63, 3.8) is 0 Å². The predicted octanol–water partition coefficient (Wildman–Crippen LogP) is 1.53. The standard InChI is InChI=1S/C14H29N3/c1-12(2)9-13(15)10-16-8-5-14(11-16)17-6-3-4-7-17/h12-14H,3-11,15H2,1-2H3. The number of rotatable bonds is 5. The zero-order valence-electron chi connectivity index (χ0n) is 11.6. The molecule has 2 unspecified atom stereocenters. The van der Waals surface area contributed by atoms with E-state index in [2.05, 4.69) is 23.6 Å². The van der Waals surface area contributed by atoms with Crippen LogP contribution in [0.25, 0.3) is 0 Å². The van der Waals surface area contributed by atoms with Crippen molar-refractivity contribution in [2.24, 2.45) is 11.7 Å². The molecule has 2 fully saturated rings. The van der Waals surface area contributed by atoms with E-state index in [0.717, 1.165) is 24.9 Å². The molecule has 3 nitrogen and oxygen atoms in total. The van der Waals surface area contributed by atoms with Crippen molar-refractivity contribution in [1.82, 2.24) is 9.80 Å². The van der Waals surface area contributed by atoms with Crippen LogP contribution in [0.15, 0.2) is 0 Å². The summed E-state index contributed by atoms with van der Waals surface area (Å²) >= 11 is 0. The van der Waals surface area contributed by atoms with Crippen LogP contribution in [0.2, 0.25) is 0 Å². The van der Waals surface area contributed by atoms with Gasteiger partial charge >= 0.3 is 0 Å². The van der Waals surface area contributed by atoms with E-state index in [-0.39, 0.29) is 0 Å². The summed E-state index contributed by atoms with van der Waals surface area (Å²) in [6.45, 7) is 10.8. The molecule has 0 aromatic rings. The molecule has 0 aliphatic carbocycles. The van der Waals surface area contributed by atoms with Crippen molar-refractivity contribution in [3.05, 3.63) is 0 Å². The van der Waals surface area contributed by atoms with Gasteiger partial charge in [0.05, 0.1) is 0 Å². The van der Waals surface area contributed by atoms with Crippen LogP contribution in [0.4, 0.5) is 0 Å². The van der Waals surface area contributed by atoms with Crippen LogP contribution in [-0.2, 0) is 0 Å². The molecule has 100 valence electrons.